The maximum atomic E-state index is 11.1. The quantitative estimate of drug-likeness (QED) is 0.286. The van der Waals surface area contributed by atoms with Crippen LogP contribution in [0.4, 0.5) is 0 Å². The van der Waals surface area contributed by atoms with Gasteiger partial charge >= 0.3 is 11.9 Å². The molecule has 90 valence electrons. The van der Waals surface area contributed by atoms with Gasteiger partial charge in [-0.3, -0.25) is 4.79 Å². The number of ether oxygens (including phenoxy) is 3. The number of nitrogens with zero attached hydrogens (tertiary/aromatic N) is 1. The highest BCUT2D eigenvalue weighted by molar-refractivity contribution is 6.00. The molecule has 7 nitrogen and oxygen atoms in total. The van der Waals surface area contributed by atoms with Crippen molar-refractivity contribution in [3.8, 4) is 0 Å². The lowest BCUT2D eigenvalue weighted by atomic mass is 10.3. The summed E-state index contributed by atoms with van der Waals surface area (Å²) in [6, 6.07) is 0. The van der Waals surface area contributed by atoms with E-state index in [1.807, 2.05) is 0 Å². The first-order valence-electron chi connectivity index (χ1n) is 4.30. The number of hydrogen-bond acceptors (Lipinski definition) is 6. The highest BCUT2D eigenvalue weighted by Crippen LogP contribution is 2.00. The Morgan fingerprint density at radius 3 is 1.75 bits per heavy atom. The van der Waals surface area contributed by atoms with E-state index in [0.717, 1.165) is 14.2 Å². The van der Waals surface area contributed by atoms with E-state index in [4.69, 9.17) is 4.74 Å². The van der Waals surface area contributed by atoms with Crippen LogP contribution in [-0.4, -0.2) is 44.1 Å². The average molecular weight is 231 g/mol. The Balaban J connectivity index is 4.74. The fourth-order valence-corrected chi connectivity index (χ4v) is 0.825. The molecule has 0 bridgehead atoms. The van der Waals surface area contributed by atoms with E-state index < -0.39 is 23.9 Å². The van der Waals surface area contributed by atoms with E-state index in [2.05, 4.69) is 14.5 Å². The maximum Gasteiger partial charge on any atom is 0.359 e. The van der Waals surface area contributed by atoms with E-state index >= 15 is 0 Å². The summed E-state index contributed by atoms with van der Waals surface area (Å²) in [4.78, 5) is 36.3. The molecule has 0 saturated carbocycles. The van der Waals surface area contributed by atoms with Crippen LogP contribution in [0.15, 0.2) is 4.99 Å². The molecular formula is C9H13NO6. The summed E-state index contributed by atoms with van der Waals surface area (Å²) in [5, 5.41) is 0. The molecule has 0 saturated heterocycles. The number of aliphatic imine (C=N–C) groups is 1. The van der Waals surface area contributed by atoms with Crippen molar-refractivity contribution in [3.05, 3.63) is 0 Å². The normalized spacial score (nSPS) is 10.9. The van der Waals surface area contributed by atoms with E-state index in [-0.39, 0.29) is 5.90 Å². The van der Waals surface area contributed by atoms with Crippen LogP contribution in [0, 0.1) is 0 Å². The molecule has 0 aliphatic carbocycles. The summed E-state index contributed by atoms with van der Waals surface area (Å²) in [5.41, 5.74) is 0. The molecule has 0 aromatic carbocycles. The van der Waals surface area contributed by atoms with Gasteiger partial charge in [-0.25, -0.2) is 9.59 Å². The van der Waals surface area contributed by atoms with Crippen molar-refractivity contribution in [2.24, 2.45) is 4.99 Å². The second-order valence-corrected chi connectivity index (χ2v) is 2.69. The smallest absolute Gasteiger partial charge is 0.359 e. The standard InChI is InChI=1S/C9H13NO6/c1-5(11)10-6(2)16-7(8(12)14-3)9(13)15-4/h7H,1-4H3. The summed E-state index contributed by atoms with van der Waals surface area (Å²) in [7, 11) is 2.19. The fraction of sp³-hybridized carbons (Fsp3) is 0.556. The van der Waals surface area contributed by atoms with Gasteiger partial charge in [-0.1, -0.05) is 0 Å². The topological polar surface area (TPSA) is 91.3 Å². The molecule has 0 spiro atoms. The Bertz CT molecular complexity index is 306. The third-order valence-corrected chi connectivity index (χ3v) is 1.43. The van der Waals surface area contributed by atoms with Crippen LogP contribution in [-0.2, 0) is 28.6 Å². The Kier molecular flexibility index (Phi) is 5.76. The zero-order valence-corrected chi connectivity index (χ0v) is 9.47. The molecule has 0 radical (unpaired) electrons. The number of amides is 1. The third kappa shape index (κ3) is 4.54. The molecule has 16 heavy (non-hydrogen) atoms. The van der Waals surface area contributed by atoms with Crippen LogP contribution >= 0.6 is 0 Å². The lowest BCUT2D eigenvalue weighted by molar-refractivity contribution is -0.164. The summed E-state index contributed by atoms with van der Waals surface area (Å²) >= 11 is 0. The van der Waals surface area contributed by atoms with Gasteiger partial charge in [0.1, 0.15) is 0 Å². The molecule has 0 aromatic rings. The SMILES string of the molecule is COC(=O)C(OC(C)=NC(C)=O)C(=O)OC. The molecule has 0 aliphatic heterocycles. The molecule has 0 N–H and O–H groups in total. The van der Waals surface area contributed by atoms with E-state index in [0.29, 0.717) is 0 Å². The molecule has 7 heteroatoms. The van der Waals surface area contributed by atoms with Crippen LogP contribution in [0.5, 0.6) is 0 Å². The van der Waals surface area contributed by atoms with E-state index in [9.17, 15) is 14.4 Å². The Labute approximate surface area is 92.4 Å². The van der Waals surface area contributed by atoms with Gasteiger partial charge < -0.3 is 14.2 Å². The first-order valence-corrected chi connectivity index (χ1v) is 4.30. The number of carbonyl (C=O) groups is 3. The van der Waals surface area contributed by atoms with Crippen LogP contribution in [0.3, 0.4) is 0 Å². The van der Waals surface area contributed by atoms with Crippen LogP contribution in [0.2, 0.25) is 0 Å². The molecule has 0 unspecified atom stereocenters. The first-order chi connectivity index (χ1) is 7.42. The van der Waals surface area contributed by atoms with Gasteiger partial charge in [0.25, 0.3) is 6.10 Å². The van der Waals surface area contributed by atoms with Gasteiger partial charge in [0.05, 0.1) is 14.2 Å². The van der Waals surface area contributed by atoms with Crippen molar-refractivity contribution in [2.75, 3.05) is 14.2 Å². The number of rotatable bonds is 3. The molecule has 0 atom stereocenters. The zero-order valence-electron chi connectivity index (χ0n) is 9.47. The van der Waals surface area contributed by atoms with Gasteiger partial charge in [-0.15, -0.1) is 0 Å². The minimum absolute atomic E-state index is 0.117. The van der Waals surface area contributed by atoms with Crippen LogP contribution < -0.4 is 0 Å². The molecule has 0 heterocycles. The Morgan fingerprint density at radius 1 is 1.00 bits per heavy atom. The van der Waals surface area contributed by atoms with Crippen molar-refractivity contribution in [3.63, 3.8) is 0 Å². The van der Waals surface area contributed by atoms with Gasteiger partial charge in [0, 0.05) is 13.8 Å². The number of methoxy groups -OCH3 is 2. The van der Waals surface area contributed by atoms with E-state index in [1.165, 1.54) is 13.8 Å². The monoisotopic (exact) mass is 231 g/mol. The summed E-state index contributed by atoms with van der Waals surface area (Å²) in [6.45, 7) is 2.54. The van der Waals surface area contributed by atoms with Crippen molar-refractivity contribution in [2.45, 2.75) is 20.0 Å². The minimum atomic E-state index is -1.57. The predicted octanol–water partition coefficient (Wildman–Crippen LogP) is -0.318. The van der Waals surface area contributed by atoms with Crippen molar-refractivity contribution in [1.29, 1.82) is 0 Å². The summed E-state index contributed by atoms with van der Waals surface area (Å²) < 4.78 is 13.5. The summed E-state index contributed by atoms with van der Waals surface area (Å²) in [5.74, 6) is -2.48. The maximum absolute atomic E-state index is 11.1. The second-order valence-electron chi connectivity index (χ2n) is 2.69. The lowest BCUT2D eigenvalue weighted by Gasteiger charge is -2.13. The Morgan fingerprint density at radius 2 is 1.44 bits per heavy atom. The largest absolute Gasteiger partial charge is 0.466 e. The molecule has 1 amide bonds. The number of esters is 2. The molecule has 0 aromatic heterocycles. The zero-order chi connectivity index (χ0) is 12.7. The Hall–Kier alpha value is -1.92. The van der Waals surface area contributed by atoms with Crippen molar-refractivity contribution in [1.82, 2.24) is 0 Å². The third-order valence-electron chi connectivity index (χ3n) is 1.43. The van der Waals surface area contributed by atoms with Crippen molar-refractivity contribution < 1.29 is 28.6 Å². The van der Waals surface area contributed by atoms with Crippen LogP contribution in [0.25, 0.3) is 0 Å². The molecule has 0 aliphatic rings. The molecule has 0 fully saturated rings. The van der Waals surface area contributed by atoms with Crippen LogP contribution in [0.1, 0.15) is 13.8 Å². The highest BCUT2D eigenvalue weighted by Gasteiger charge is 2.31. The average Bonchev–Trinajstić information content (AvgIpc) is 2.22. The molecular weight excluding hydrogens is 218 g/mol. The lowest BCUT2D eigenvalue weighted by Crippen LogP contribution is -2.36. The predicted molar refractivity (Wildman–Crippen MR) is 52.7 cm³/mol. The van der Waals surface area contributed by atoms with E-state index in [1.54, 1.807) is 0 Å². The van der Waals surface area contributed by atoms with Crippen molar-refractivity contribution >= 4 is 23.7 Å². The van der Waals surface area contributed by atoms with Gasteiger partial charge in [-0.2, -0.15) is 4.99 Å². The van der Waals surface area contributed by atoms with Gasteiger partial charge in [-0.05, 0) is 0 Å². The number of carbonyl (C=O) groups excluding carboxylic acids is 3. The summed E-state index contributed by atoms with van der Waals surface area (Å²) in [6.07, 6.45) is -1.57. The molecule has 0 rings (SSSR count). The minimum Gasteiger partial charge on any atom is -0.466 e. The van der Waals surface area contributed by atoms with Gasteiger partial charge in [0.15, 0.2) is 5.90 Å². The highest BCUT2D eigenvalue weighted by atomic mass is 16.6. The fourth-order valence-electron chi connectivity index (χ4n) is 0.825. The second kappa shape index (κ2) is 6.54. The van der Waals surface area contributed by atoms with Gasteiger partial charge in [0.2, 0.25) is 5.91 Å². The first kappa shape index (κ1) is 14.1. The number of hydrogen-bond donors (Lipinski definition) is 0.